The topological polar surface area (TPSA) is 0 Å². The highest BCUT2D eigenvalue weighted by atomic mass is 79.9. The smallest absolute Gasteiger partial charge is 0.0635 e. The second-order valence-corrected chi connectivity index (χ2v) is 6.32. The maximum atomic E-state index is 6.17. The summed E-state index contributed by atoms with van der Waals surface area (Å²) in [6.07, 6.45) is 0.928. The first kappa shape index (κ1) is 12.4. The van der Waals surface area contributed by atoms with Crippen molar-refractivity contribution in [1.82, 2.24) is 0 Å². The summed E-state index contributed by atoms with van der Waals surface area (Å²) >= 11 is 17.6. The fourth-order valence-corrected chi connectivity index (χ4v) is 3.75. The quantitative estimate of drug-likeness (QED) is 0.628. The van der Waals surface area contributed by atoms with E-state index >= 15 is 0 Å². The molecule has 0 nitrogen and oxygen atoms in total. The average Bonchev–Trinajstić information content (AvgIpc) is 2.74. The fourth-order valence-electron chi connectivity index (χ4n) is 1.48. The first-order valence-electron chi connectivity index (χ1n) is 4.79. The molecule has 0 spiro atoms. The first-order chi connectivity index (χ1) is 7.68. The highest BCUT2D eigenvalue weighted by Crippen LogP contribution is 2.36. The molecule has 0 amide bonds. The molecule has 0 aliphatic rings. The molecule has 1 heterocycles. The lowest BCUT2D eigenvalue weighted by Crippen LogP contribution is -1.94. The van der Waals surface area contributed by atoms with Gasteiger partial charge in [-0.1, -0.05) is 57.3 Å². The molecule has 0 bridgehead atoms. The zero-order valence-electron chi connectivity index (χ0n) is 8.29. The van der Waals surface area contributed by atoms with E-state index in [0.717, 1.165) is 12.0 Å². The summed E-state index contributed by atoms with van der Waals surface area (Å²) in [4.78, 5) is 1.54. The molecule has 2 aromatic rings. The van der Waals surface area contributed by atoms with Gasteiger partial charge in [-0.25, -0.2) is 0 Å². The van der Waals surface area contributed by atoms with Gasteiger partial charge in [0, 0.05) is 9.70 Å². The van der Waals surface area contributed by atoms with Crippen molar-refractivity contribution in [3.05, 3.63) is 56.2 Å². The molecule has 1 atom stereocenters. The molecule has 0 N–H and O–H groups in total. The van der Waals surface area contributed by atoms with E-state index in [1.54, 1.807) is 17.4 Å². The van der Waals surface area contributed by atoms with Crippen LogP contribution in [0.3, 0.4) is 0 Å². The molecule has 0 saturated carbocycles. The SMILES string of the molecule is Clc1cccc(C(Br)Cc2cccs2)c1Cl. The van der Waals surface area contributed by atoms with Gasteiger partial charge in [0.25, 0.3) is 0 Å². The molecule has 1 aromatic carbocycles. The number of hydrogen-bond acceptors (Lipinski definition) is 1. The van der Waals surface area contributed by atoms with E-state index in [2.05, 4.69) is 33.4 Å². The van der Waals surface area contributed by atoms with Crippen LogP contribution in [0.2, 0.25) is 10.0 Å². The first-order valence-corrected chi connectivity index (χ1v) is 7.34. The van der Waals surface area contributed by atoms with Crippen molar-refractivity contribution in [2.75, 3.05) is 0 Å². The minimum absolute atomic E-state index is 0.206. The minimum atomic E-state index is 0.206. The third-order valence-corrected chi connectivity index (χ3v) is 4.83. The van der Waals surface area contributed by atoms with Gasteiger partial charge in [0.1, 0.15) is 0 Å². The van der Waals surface area contributed by atoms with Crippen LogP contribution in [0.15, 0.2) is 35.7 Å². The molecule has 0 fully saturated rings. The lowest BCUT2D eigenvalue weighted by Gasteiger charge is -2.11. The number of benzene rings is 1. The van der Waals surface area contributed by atoms with Gasteiger partial charge in [-0.05, 0) is 29.5 Å². The van der Waals surface area contributed by atoms with Gasteiger partial charge in [-0.15, -0.1) is 11.3 Å². The van der Waals surface area contributed by atoms with E-state index in [4.69, 9.17) is 23.2 Å². The summed E-state index contributed by atoms with van der Waals surface area (Å²) in [6, 6.07) is 9.91. The van der Waals surface area contributed by atoms with Gasteiger partial charge in [-0.3, -0.25) is 0 Å². The maximum Gasteiger partial charge on any atom is 0.0635 e. The summed E-state index contributed by atoms with van der Waals surface area (Å²) in [7, 11) is 0. The Balaban J connectivity index is 2.21. The van der Waals surface area contributed by atoms with Crippen LogP contribution in [0.1, 0.15) is 15.3 Å². The fraction of sp³-hybridized carbons (Fsp3) is 0.167. The van der Waals surface area contributed by atoms with Crippen molar-refractivity contribution in [2.24, 2.45) is 0 Å². The number of rotatable bonds is 3. The van der Waals surface area contributed by atoms with E-state index in [0.29, 0.717) is 10.0 Å². The zero-order chi connectivity index (χ0) is 11.5. The lowest BCUT2D eigenvalue weighted by atomic mass is 10.1. The molecule has 2 rings (SSSR count). The molecule has 84 valence electrons. The van der Waals surface area contributed by atoms with Crippen molar-refractivity contribution >= 4 is 50.5 Å². The number of thiophene rings is 1. The molecule has 0 radical (unpaired) electrons. The molecular formula is C12H9BrCl2S. The van der Waals surface area contributed by atoms with Crippen molar-refractivity contribution < 1.29 is 0 Å². The van der Waals surface area contributed by atoms with Crippen LogP contribution in [0.5, 0.6) is 0 Å². The van der Waals surface area contributed by atoms with Crippen LogP contribution < -0.4 is 0 Å². The molecule has 0 aliphatic carbocycles. The van der Waals surface area contributed by atoms with Gasteiger partial charge in [0.05, 0.1) is 10.0 Å². The third kappa shape index (κ3) is 2.80. The molecule has 16 heavy (non-hydrogen) atoms. The Labute approximate surface area is 117 Å². The van der Waals surface area contributed by atoms with E-state index < -0.39 is 0 Å². The lowest BCUT2D eigenvalue weighted by molar-refractivity contribution is 0.969. The Kier molecular flexibility index (Phi) is 4.31. The highest BCUT2D eigenvalue weighted by molar-refractivity contribution is 9.09. The van der Waals surface area contributed by atoms with Crippen LogP contribution in [0.25, 0.3) is 0 Å². The highest BCUT2D eigenvalue weighted by Gasteiger charge is 2.14. The number of halogens is 3. The summed E-state index contributed by atoms with van der Waals surface area (Å²) in [5, 5.41) is 3.33. The zero-order valence-corrected chi connectivity index (χ0v) is 12.2. The largest absolute Gasteiger partial charge is 0.149 e. The Morgan fingerprint density at radius 1 is 1.19 bits per heavy atom. The van der Waals surface area contributed by atoms with E-state index in [1.165, 1.54) is 4.88 Å². The van der Waals surface area contributed by atoms with E-state index in [1.807, 2.05) is 12.1 Å². The van der Waals surface area contributed by atoms with Crippen LogP contribution in [0.4, 0.5) is 0 Å². The second-order valence-electron chi connectivity index (χ2n) is 3.39. The standard InChI is InChI=1S/C12H9BrCl2S/c13-10(7-8-3-2-6-16-8)9-4-1-5-11(14)12(9)15/h1-6,10H,7H2. The molecule has 4 heteroatoms. The molecule has 1 unspecified atom stereocenters. The number of alkyl halides is 1. The van der Waals surface area contributed by atoms with Crippen LogP contribution in [0, 0.1) is 0 Å². The van der Waals surface area contributed by atoms with E-state index in [-0.39, 0.29) is 4.83 Å². The van der Waals surface area contributed by atoms with Crippen molar-refractivity contribution in [3.63, 3.8) is 0 Å². The monoisotopic (exact) mass is 334 g/mol. The normalized spacial score (nSPS) is 12.7. The van der Waals surface area contributed by atoms with Gasteiger partial charge >= 0.3 is 0 Å². The van der Waals surface area contributed by atoms with Gasteiger partial charge < -0.3 is 0 Å². The molecule has 0 saturated heterocycles. The van der Waals surface area contributed by atoms with Gasteiger partial charge in [0.2, 0.25) is 0 Å². The van der Waals surface area contributed by atoms with Crippen molar-refractivity contribution in [1.29, 1.82) is 0 Å². The Morgan fingerprint density at radius 3 is 2.69 bits per heavy atom. The molecular weight excluding hydrogens is 327 g/mol. The van der Waals surface area contributed by atoms with Crippen LogP contribution in [-0.2, 0) is 6.42 Å². The predicted octanol–water partition coefficient (Wildman–Crippen LogP) is 5.73. The average molecular weight is 336 g/mol. The Bertz CT molecular complexity index is 468. The molecule has 1 aromatic heterocycles. The Morgan fingerprint density at radius 2 is 2.00 bits per heavy atom. The van der Waals surface area contributed by atoms with Crippen LogP contribution in [-0.4, -0.2) is 0 Å². The second kappa shape index (κ2) is 5.54. The molecule has 0 aliphatic heterocycles. The predicted molar refractivity (Wildman–Crippen MR) is 76.2 cm³/mol. The Hall–Kier alpha value is -0.0200. The van der Waals surface area contributed by atoms with E-state index in [9.17, 15) is 0 Å². The van der Waals surface area contributed by atoms with Gasteiger partial charge in [0.15, 0.2) is 0 Å². The summed E-state index contributed by atoms with van der Waals surface area (Å²) in [5.74, 6) is 0. The number of hydrogen-bond donors (Lipinski definition) is 0. The van der Waals surface area contributed by atoms with Gasteiger partial charge in [-0.2, -0.15) is 0 Å². The van der Waals surface area contributed by atoms with Crippen LogP contribution >= 0.6 is 50.5 Å². The summed E-state index contributed by atoms with van der Waals surface area (Å²) in [5.41, 5.74) is 1.04. The van der Waals surface area contributed by atoms with Crippen molar-refractivity contribution in [2.45, 2.75) is 11.2 Å². The summed E-state index contributed by atoms with van der Waals surface area (Å²) < 4.78 is 0. The third-order valence-electron chi connectivity index (χ3n) is 2.28. The minimum Gasteiger partial charge on any atom is -0.149 e. The maximum absolute atomic E-state index is 6.17. The van der Waals surface area contributed by atoms with Crippen molar-refractivity contribution in [3.8, 4) is 0 Å². The summed E-state index contributed by atoms with van der Waals surface area (Å²) in [6.45, 7) is 0.